The van der Waals surface area contributed by atoms with E-state index in [0.717, 1.165) is 28.9 Å². The first-order chi connectivity index (χ1) is 8.31. The van der Waals surface area contributed by atoms with Crippen molar-refractivity contribution in [3.63, 3.8) is 0 Å². The molecule has 1 fully saturated rings. The van der Waals surface area contributed by atoms with Crippen LogP contribution in [-0.2, 0) is 0 Å². The molecule has 2 rings (SSSR count). The van der Waals surface area contributed by atoms with E-state index in [1.54, 1.807) is 6.21 Å². The van der Waals surface area contributed by atoms with E-state index in [0.29, 0.717) is 6.61 Å². The Balaban J connectivity index is 2.18. The number of hydrogen-bond donors (Lipinski definition) is 0. The SMILES string of the molecule is CCOc1ccccc1/C=[N+](\[O-])C1CCCC1. The van der Waals surface area contributed by atoms with Gasteiger partial charge in [-0.3, -0.25) is 0 Å². The van der Waals surface area contributed by atoms with Crippen LogP contribution in [0, 0.1) is 5.21 Å². The monoisotopic (exact) mass is 233 g/mol. The summed E-state index contributed by atoms with van der Waals surface area (Å²) in [5, 5.41) is 12.0. The first-order valence-corrected chi connectivity index (χ1v) is 6.33. The van der Waals surface area contributed by atoms with Crippen molar-refractivity contribution in [1.82, 2.24) is 0 Å². The van der Waals surface area contributed by atoms with Gasteiger partial charge in [0.1, 0.15) is 5.75 Å². The van der Waals surface area contributed by atoms with Crippen molar-refractivity contribution in [3.8, 4) is 5.75 Å². The molecule has 0 aromatic heterocycles. The summed E-state index contributed by atoms with van der Waals surface area (Å²) in [6, 6.07) is 7.83. The normalized spacial score (nSPS) is 17.4. The summed E-state index contributed by atoms with van der Waals surface area (Å²) in [5.74, 6) is 0.786. The van der Waals surface area contributed by atoms with Crippen LogP contribution in [0.3, 0.4) is 0 Å². The van der Waals surface area contributed by atoms with Crippen LogP contribution < -0.4 is 4.74 Å². The molecular weight excluding hydrogens is 214 g/mol. The van der Waals surface area contributed by atoms with Crippen LogP contribution in [0.25, 0.3) is 0 Å². The van der Waals surface area contributed by atoms with E-state index in [9.17, 15) is 5.21 Å². The minimum absolute atomic E-state index is 0.157. The Morgan fingerprint density at radius 2 is 2.06 bits per heavy atom. The van der Waals surface area contributed by atoms with E-state index in [2.05, 4.69) is 0 Å². The van der Waals surface area contributed by atoms with Crippen LogP contribution in [0.4, 0.5) is 0 Å². The summed E-state index contributed by atoms with van der Waals surface area (Å²) in [5.41, 5.74) is 0.872. The summed E-state index contributed by atoms with van der Waals surface area (Å²) >= 11 is 0. The molecule has 0 bridgehead atoms. The highest BCUT2D eigenvalue weighted by atomic mass is 16.5. The highest BCUT2D eigenvalue weighted by molar-refractivity contribution is 5.80. The summed E-state index contributed by atoms with van der Waals surface area (Å²) in [7, 11) is 0. The largest absolute Gasteiger partial charge is 0.624 e. The van der Waals surface area contributed by atoms with Crippen molar-refractivity contribution in [3.05, 3.63) is 35.0 Å². The zero-order valence-electron chi connectivity index (χ0n) is 10.3. The Labute approximate surface area is 102 Å². The van der Waals surface area contributed by atoms with E-state index in [1.165, 1.54) is 12.8 Å². The van der Waals surface area contributed by atoms with Gasteiger partial charge in [0.15, 0.2) is 12.3 Å². The molecule has 0 amide bonds. The molecule has 92 valence electrons. The summed E-state index contributed by atoms with van der Waals surface area (Å²) < 4.78 is 6.61. The predicted molar refractivity (Wildman–Crippen MR) is 68.7 cm³/mol. The van der Waals surface area contributed by atoms with Crippen molar-refractivity contribution in [2.45, 2.75) is 38.6 Å². The minimum Gasteiger partial charge on any atom is -0.624 e. The first kappa shape index (κ1) is 12.0. The zero-order chi connectivity index (χ0) is 12.1. The molecule has 0 aliphatic heterocycles. The van der Waals surface area contributed by atoms with Crippen molar-refractivity contribution in [2.75, 3.05) is 6.61 Å². The molecule has 0 saturated heterocycles. The second-order valence-electron chi connectivity index (χ2n) is 4.40. The third-order valence-corrected chi connectivity index (χ3v) is 3.17. The molecule has 0 unspecified atom stereocenters. The molecule has 0 heterocycles. The van der Waals surface area contributed by atoms with Crippen molar-refractivity contribution in [1.29, 1.82) is 0 Å². The number of benzene rings is 1. The van der Waals surface area contributed by atoms with Crippen LogP contribution in [0.15, 0.2) is 24.3 Å². The topological polar surface area (TPSA) is 35.3 Å². The van der Waals surface area contributed by atoms with Crippen LogP contribution in [0.5, 0.6) is 5.75 Å². The van der Waals surface area contributed by atoms with Crippen molar-refractivity contribution in [2.24, 2.45) is 0 Å². The van der Waals surface area contributed by atoms with Crippen molar-refractivity contribution < 1.29 is 9.48 Å². The van der Waals surface area contributed by atoms with E-state index in [1.807, 2.05) is 31.2 Å². The number of rotatable bonds is 4. The Morgan fingerprint density at radius 3 is 2.76 bits per heavy atom. The lowest BCUT2D eigenvalue weighted by Gasteiger charge is -2.12. The lowest BCUT2D eigenvalue weighted by atomic mass is 10.2. The van der Waals surface area contributed by atoms with E-state index in [-0.39, 0.29) is 6.04 Å². The number of nitrogens with zero attached hydrogens (tertiary/aromatic N) is 1. The lowest BCUT2D eigenvalue weighted by Crippen LogP contribution is -2.19. The van der Waals surface area contributed by atoms with Crippen LogP contribution in [0.2, 0.25) is 0 Å². The highest BCUT2D eigenvalue weighted by Gasteiger charge is 2.21. The molecule has 0 atom stereocenters. The van der Waals surface area contributed by atoms with Gasteiger partial charge in [0.25, 0.3) is 0 Å². The van der Waals surface area contributed by atoms with Gasteiger partial charge in [-0.2, -0.15) is 0 Å². The van der Waals surface area contributed by atoms with Gasteiger partial charge in [-0.05, 0) is 31.9 Å². The molecule has 1 aliphatic rings. The Morgan fingerprint density at radius 1 is 1.35 bits per heavy atom. The third-order valence-electron chi connectivity index (χ3n) is 3.17. The molecule has 0 radical (unpaired) electrons. The first-order valence-electron chi connectivity index (χ1n) is 6.33. The fraction of sp³-hybridized carbons (Fsp3) is 0.500. The Hall–Kier alpha value is -1.51. The number of para-hydroxylation sites is 1. The molecule has 1 aromatic carbocycles. The van der Waals surface area contributed by atoms with Gasteiger partial charge in [0.05, 0.1) is 12.2 Å². The van der Waals surface area contributed by atoms with E-state index < -0.39 is 0 Å². The number of hydrogen-bond acceptors (Lipinski definition) is 2. The molecule has 17 heavy (non-hydrogen) atoms. The lowest BCUT2D eigenvalue weighted by molar-refractivity contribution is -0.494. The quantitative estimate of drug-likeness (QED) is 0.347. The average molecular weight is 233 g/mol. The second kappa shape index (κ2) is 5.71. The molecule has 3 nitrogen and oxygen atoms in total. The molecule has 0 spiro atoms. The summed E-state index contributed by atoms with van der Waals surface area (Å²) in [6.07, 6.45) is 6.03. The summed E-state index contributed by atoms with van der Waals surface area (Å²) in [6.45, 7) is 2.57. The number of ether oxygens (including phenoxy) is 1. The fourth-order valence-electron chi connectivity index (χ4n) is 2.28. The maximum Gasteiger partial charge on any atom is 0.185 e. The minimum atomic E-state index is 0.157. The predicted octanol–water partition coefficient (Wildman–Crippen LogP) is 2.96. The van der Waals surface area contributed by atoms with E-state index >= 15 is 0 Å². The molecule has 0 N–H and O–H groups in total. The molecule has 1 saturated carbocycles. The highest BCUT2D eigenvalue weighted by Crippen LogP contribution is 2.21. The Bertz CT molecular complexity index is 395. The van der Waals surface area contributed by atoms with Crippen molar-refractivity contribution >= 4 is 6.21 Å². The fourth-order valence-corrected chi connectivity index (χ4v) is 2.28. The molecule has 1 aliphatic carbocycles. The van der Waals surface area contributed by atoms with Gasteiger partial charge in [-0.25, -0.2) is 4.74 Å². The van der Waals surface area contributed by atoms with Gasteiger partial charge < -0.3 is 9.94 Å². The zero-order valence-corrected chi connectivity index (χ0v) is 10.3. The standard InChI is InChI=1S/C14H19NO2/c1-2-17-14-10-6-3-7-12(14)11-15(16)13-8-4-5-9-13/h3,6-7,10-11,13H,2,4-5,8-9H2,1H3/b15-11-. The van der Waals surface area contributed by atoms with Crippen LogP contribution >= 0.6 is 0 Å². The third kappa shape index (κ3) is 2.99. The second-order valence-corrected chi connectivity index (χ2v) is 4.40. The molecule has 3 heteroatoms. The van der Waals surface area contributed by atoms with Gasteiger partial charge in [0, 0.05) is 12.8 Å². The molecule has 1 aromatic rings. The van der Waals surface area contributed by atoms with Gasteiger partial charge in [-0.15, -0.1) is 0 Å². The van der Waals surface area contributed by atoms with Gasteiger partial charge >= 0.3 is 0 Å². The average Bonchev–Trinajstić information content (AvgIpc) is 2.85. The maximum absolute atomic E-state index is 12.0. The van der Waals surface area contributed by atoms with Gasteiger partial charge in [0.2, 0.25) is 0 Å². The van der Waals surface area contributed by atoms with Crippen LogP contribution in [-0.4, -0.2) is 23.6 Å². The summed E-state index contributed by atoms with van der Waals surface area (Å²) in [4.78, 5) is 0. The van der Waals surface area contributed by atoms with E-state index in [4.69, 9.17) is 4.74 Å². The Kier molecular flexibility index (Phi) is 4.02. The van der Waals surface area contributed by atoms with Gasteiger partial charge in [-0.1, -0.05) is 12.1 Å². The smallest absolute Gasteiger partial charge is 0.185 e. The van der Waals surface area contributed by atoms with Crippen LogP contribution in [0.1, 0.15) is 38.2 Å². The number of hydroxylamine groups is 1. The maximum atomic E-state index is 12.0. The molecular formula is C14H19NO2.